The van der Waals surface area contributed by atoms with Gasteiger partial charge in [0.25, 0.3) is 0 Å². The number of anilines is 2. The number of hydrogen-bond donors (Lipinski definition) is 4. The van der Waals surface area contributed by atoms with Gasteiger partial charge in [0.2, 0.25) is 0 Å². The van der Waals surface area contributed by atoms with Gasteiger partial charge in [-0.25, -0.2) is 4.79 Å². The van der Waals surface area contributed by atoms with Gasteiger partial charge < -0.3 is 20.1 Å². The first-order chi connectivity index (χ1) is 14.9. The van der Waals surface area contributed by atoms with E-state index in [4.69, 9.17) is 33.9 Å². The average molecular weight is 458 g/mol. The first-order valence-electron chi connectivity index (χ1n) is 9.36. The first-order valence-corrected chi connectivity index (χ1v) is 10.2. The third-order valence-electron chi connectivity index (χ3n) is 4.53. The minimum atomic E-state index is -0.433. The van der Waals surface area contributed by atoms with Crippen molar-refractivity contribution in [3.8, 4) is 11.4 Å². The Labute approximate surface area is 189 Å². The van der Waals surface area contributed by atoms with Crippen molar-refractivity contribution in [2.45, 2.75) is 6.42 Å². The second kappa shape index (κ2) is 10.1. The van der Waals surface area contributed by atoms with E-state index in [1.807, 2.05) is 49.5 Å². The summed E-state index contributed by atoms with van der Waals surface area (Å²) in [5.74, 6) is 0.225. The number of nitrogens with one attached hydrogen (secondary N) is 4. The fraction of sp³-hybridized carbons (Fsp3) is 0.190. The smallest absolute Gasteiger partial charge is 0.333 e. The van der Waals surface area contributed by atoms with E-state index >= 15 is 0 Å². The molecule has 0 aliphatic heterocycles. The molecule has 0 bridgehead atoms. The van der Waals surface area contributed by atoms with Gasteiger partial charge >= 0.3 is 5.97 Å². The van der Waals surface area contributed by atoms with Crippen molar-refractivity contribution >= 4 is 41.8 Å². The number of rotatable bonds is 9. The largest absolute Gasteiger partial charge is 0.473 e. The molecule has 0 saturated carbocycles. The third kappa shape index (κ3) is 5.41. The summed E-state index contributed by atoms with van der Waals surface area (Å²) in [6.07, 6.45) is 0.354. The fourth-order valence-electron chi connectivity index (χ4n) is 3.00. The van der Waals surface area contributed by atoms with Gasteiger partial charge in [0.15, 0.2) is 16.3 Å². The Morgan fingerprint density at radius 1 is 1.16 bits per heavy atom. The van der Waals surface area contributed by atoms with Crippen LogP contribution in [0.4, 0.5) is 11.4 Å². The average Bonchev–Trinajstić information content (AvgIpc) is 3.11. The van der Waals surface area contributed by atoms with Crippen LogP contribution < -0.4 is 15.4 Å². The molecule has 0 fully saturated rings. The number of ether oxygens (including phenoxy) is 2. The third-order valence-corrected chi connectivity index (χ3v) is 5.10. The van der Waals surface area contributed by atoms with Crippen molar-refractivity contribution in [2.24, 2.45) is 0 Å². The maximum atomic E-state index is 11.7. The van der Waals surface area contributed by atoms with Gasteiger partial charge in [0.1, 0.15) is 5.75 Å². The van der Waals surface area contributed by atoms with E-state index in [0.29, 0.717) is 27.3 Å². The van der Waals surface area contributed by atoms with Crippen LogP contribution in [0.25, 0.3) is 5.69 Å². The molecule has 0 radical (unpaired) electrons. The molecule has 0 spiro atoms. The molecule has 10 heteroatoms. The number of H-pyrrole nitrogens is 2. The highest BCUT2D eigenvalue weighted by Crippen LogP contribution is 2.25. The summed E-state index contributed by atoms with van der Waals surface area (Å²) in [7, 11) is 3.15. The van der Waals surface area contributed by atoms with Crippen LogP contribution >= 0.6 is 24.4 Å². The summed E-state index contributed by atoms with van der Waals surface area (Å²) in [6.45, 7) is 4.03. The van der Waals surface area contributed by atoms with E-state index in [9.17, 15) is 4.79 Å². The second-order valence-electron chi connectivity index (χ2n) is 6.55. The second-order valence-corrected chi connectivity index (χ2v) is 7.33. The molecule has 0 atom stereocenters. The molecule has 0 amide bonds. The topological polar surface area (TPSA) is 96.1 Å². The van der Waals surface area contributed by atoms with Gasteiger partial charge in [-0.15, -0.1) is 0 Å². The van der Waals surface area contributed by atoms with E-state index in [-0.39, 0.29) is 6.73 Å². The highest BCUT2D eigenvalue weighted by molar-refractivity contribution is 7.72. The molecule has 3 aromatic rings. The van der Waals surface area contributed by atoms with Gasteiger partial charge in [-0.05, 0) is 66.4 Å². The number of aromatic amines is 2. The van der Waals surface area contributed by atoms with Crippen LogP contribution in [0.2, 0.25) is 0 Å². The summed E-state index contributed by atoms with van der Waals surface area (Å²) in [5.41, 5.74) is 3.82. The molecule has 0 unspecified atom stereocenters. The van der Waals surface area contributed by atoms with Crippen molar-refractivity contribution < 1.29 is 14.3 Å². The number of benzene rings is 2. The van der Waals surface area contributed by atoms with E-state index in [1.165, 1.54) is 7.11 Å². The molecule has 1 heterocycles. The first kappa shape index (κ1) is 22.3. The molecule has 8 nitrogen and oxygen atoms in total. The normalized spacial score (nSPS) is 10.4. The Hall–Kier alpha value is -3.37. The number of aromatic nitrogens is 3. The molecule has 162 valence electrons. The lowest BCUT2D eigenvalue weighted by molar-refractivity contribution is -0.136. The summed E-state index contributed by atoms with van der Waals surface area (Å²) in [6, 6.07) is 13.3. The van der Waals surface area contributed by atoms with E-state index in [0.717, 1.165) is 22.6 Å². The maximum Gasteiger partial charge on any atom is 0.333 e. The molecule has 0 aliphatic rings. The molecule has 2 aromatic carbocycles. The number of hydrogen-bond acceptors (Lipinski definition) is 7. The zero-order valence-electron chi connectivity index (χ0n) is 17.2. The quantitative estimate of drug-likeness (QED) is 0.164. The summed E-state index contributed by atoms with van der Waals surface area (Å²) < 4.78 is 13.3. The minimum Gasteiger partial charge on any atom is -0.473 e. The van der Waals surface area contributed by atoms with E-state index in [2.05, 4.69) is 27.4 Å². The lowest BCUT2D eigenvalue weighted by Gasteiger charge is -2.14. The molecule has 1 aromatic heterocycles. The van der Waals surface area contributed by atoms with Crippen LogP contribution in [0.1, 0.15) is 5.56 Å². The fourth-order valence-corrected chi connectivity index (χ4v) is 3.55. The van der Waals surface area contributed by atoms with E-state index < -0.39 is 5.97 Å². The predicted molar refractivity (Wildman–Crippen MR) is 126 cm³/mol. The molecule has 3 rings (SSSR count). The van der Waals surface area contributed by atoms with Crippen LogP contribution in [-0.4, -0.2) is 41.6 Å². The molecule has 0 saturated heterocycles. The van der Waals surface area contributed by atoms with Gasteiger partial charge in [0, 0.05) is 30.4 Å². The van der Waals surface area contributed by atoms with Gasteiger partial charge in [-0.3, -0.25) is 14.8 Å². The van der Waals surface area contributed by atoms with E-state index in [1.54, 1.807) is 4.57 Å². The Bertz CT molecular complexity index is 1180. The highest BCUT2D eigenvalue weighted by atomic mass is 32.1. The number of esters is 1. The molecular formula is C21H23N5O3S2. The zero-order chi connectivity index (χ0) is 22.4. The number of nitrogens with zero attached hydrogens (tertiary/aromatic N) is 1. The van der Waals surface area contributed by atoms with Crippen molar-refractivity contribution in [3.63, 3.8) is 0 Å². The Kier molecular flexibility index (Phi) is 7.27. The van der Waals surface area contributed by atoms with Crippen LogP contribution in [0.5, 0.6) is 5.75 Å². The molecular weight excluding hydrogens is 434 g/mol. The van der Waals surface area contributed by atoms with Gasteiger partial charge in [-0.2, -0.15) is 0 Å². The maximum absolute atomic E-state index is 11.7. The molecule has 31 heavy (non-hydrogen) atoms. The Morgan fingerprint density at radius 3 is 2.58 bits per heavy atom. The Balaban J connectivity index is 1.68. The minimum absolute atomic E-state index is 0.241. The van der Waals surface area contributed by atoms with Gasteiger partial charge in [-0.1, -0.05) is 12.6 Å². The summed E-state index contributed by atoms with van der Waals surface area (Å²) in [5, 5.41) is 12.0. The van der Waals surface area contributed by atoms with Crippen LogP contribution in [0.15, 0.2) is 54.6 Å². The van der Waals surface area contributed by atoms with Crippen LogP contribution in [0, 0.1) is 9.54 Å². The summed E-state index contributed by atoms with van der Waals surface area (Å²) >= 11 is 10.5. The lowest BCUT2D eigenvalue weighted by Crippen LogP contribution is -2.10. The number of carbonyl (C=O) groups excluding carboxylic acids is 1. The number of methoxy groups -OCH3 is 1. The number of carbonyl (C=O) groups is 1. The Morgan fingerprint density at radius 2 is 1.90 bits per heavy atom. The van der Waals surface area contributed by atoms with Crippen LogP contribution in [0.3, 0.4) is 0 Å². The SMILES string of the molecule is C=C(Cc1cc(OCNc2cccc(-n3c(=S)[nH][nH]c3=S)c2)ccc1NC)C(=O)OC. The van der Waals surface area contributed by atoms with Crippen molar-refractivity contribution in [3.05, 3.63) is 69.7 Å². The standard InChI is InChI=1S/C21H23N5O3S2/c1-13(19(27)28-3)9-14-10-17(7-8-18(14)22-2)29-12-23-15-5-4-6-16(11-15)26-20(30)24-25-21(26)31/h4-8,10-11,22-23H,1,9,12H2,2-3H3,(H,24,30)(H,25,31). The highest BCUT2D eigenvalue weighted by Gasteiger charge is 2.11. The van der Waals surface area contributed by atoms with Gasteiger partial charge in [0.05, 0.1) is 12.8 Å². The predicted octanol–water partition coefficient (Wildman–Crippen LogP) is 4.35. The lowest BCUT2D eigenvalue weighted by atomic mass is 10.0. The van der Waals surface area contributed by atoms with Crippen molar-refractivity contribution in [2.75, 3.05) is 31.5 Å². The van der Waals surface area contributed by atoms with Crippen molar-refractivity contribution in [1.29, 1.82) is 0 Å². The van der Waals surface area contributed by atoms with Crippen LogP contribution in [-0.2, 0) is 16.0 Å². The zero-order valence-corrected chi connectivity index (χ0v) is 18.8. The molecule has 0 aliphatic carbocycles. The monoisotopic (exact) mass is 457 g/mol. The summed E-state index contributed by atoms with van der Waals surface area (Å²) in [4.78, 5) is 11.7. The van der Waals surface area contributed by atoms with Crippen molar-refractivity contribution in [1.82, 2.24) is 14.8 Å². The molecule has 4 N–H and O–H groups in total.